The van der Waals surface area contributed by atoms with Gasteiger partial charge >= 0.3 is 6.03 Å². The van der Waals surface area contributed by atoms with Gasteiger partial charge in [0, 0.05) is 12.5 Å². The van der Waals surface area contributed by atoms with Crippen LogP contribution in [-0.4, -0.2) is 30.8 Å². The Morgan fingerprint density at radius 1 is 1.28 bits per heavy atom. The van der Waals surface area contributed by atoms with Gasteiger partial charge in [0.05, 0.1) is 13.2 Å². The third kappa shape index (κ3) is 4.33. The molecular formula is C19H24N2O4. The van der Waals surface area contributed by atoms with E-state index in [-0.39, 0.29) is 18.5 Å². The number of ether oxygens (including phenoxy) is 1. The first kappa shape index (κ1) is 17.4. The van der Waals surface area contributed by atoms with E-state index >= 15 is 0 Å². The number of fused-ring (bicyclic) bond motifs is 1. The minimum atomic E-state index is -1.25. The number of rotatable bonds is 5. The van der Waals surface area contributed by atoms with Gasteiger partial charge in [0.2, 0.25) is 0 Å². The van der Waals surface area contributed by atoms with Crippen LogP contribution in [-0.2, 0) is 12.0 Å². The fourth-order valence-corrected chi connectivity index (χ4v) is 2.88. The van der Waals surface area contributed by atoms with E-state index in [9.17, 15) is 9.90 Å². The summed E-state index contributed by atoms with van der Waals surface area (Å²) >= 11 is 0. The Morgan fingerprint density at radius 2 is 2.08 bits per heavy atom. The molecular weight excluding hydrogens is 320 g/mol. The normalized spacial score (nSPS) is 18.6. The number of hydrogen-bond acceptors (Lipinski definition) is 4. The number of para-hydroxylation sites is 1. The lowest BCUT2D eigenvalue weighted by molar-refractivity contribution is 0.0359. The smallest absolute Gasteiger partial charge is 0.314 e. The molecule has 0 saturated carbocycles. The number of urea groups is 1. The summed E-state index contributed by atoms with van der Waals surface area (Å²) in [5.41, 5.74) is -0.0875. The van der Waals surface area contributed by atoms with Crippen LogP contribution in [0.2, 0.25) is 0 Å². The third-order valence-electron chi connectivity index (χ3n) is 4.37. The Bertz CT molecular complexity index is 739. The first-order valence-electron chi connectivity index (χ1n) is 8.46. The molecule has 3 N–H and O–H groups in total. The Balaban J connectivity index is 1.44. The molecule has 1 aliphatic rings. The molecule has 0 aliphatic carbocycles. The molecule has 0 bridgehead atoms. The molecule has 3 rings (SSSR count). The maximum absolute atomic E-state index is 12.0. The first-order chi connectivity index (χ1) is 11.9. The molecule has 1 aliphatic heterocycles. The second-order valence-electron chi connectivity index (χ2n) is 6.74. The molecule has 2 heterocycles. The van der Waals surface area contributed by atoms with Gasteiger partial charge in [-0.3, -0.25) is 0 Å². The van der Waals surface area contributed by atoms with Crippen LogP contribution in [0.1, 0.15) is 24.0 Å². The van der Waals surface area contributed by atoms with Crippen molar-refractivity contribution in [2.45, 2.75) is 25.9 Å². The molecule has 0 fully saturated rings. The zero-order valence-corrected chi connectivity index (χ0v) is 14.5. The van der Waals surface area contributed by atoms with Crippen molar-refractivity contribution < 1.29 is 19.1 Å². The molecule has 2 amide bonds. The SMILES string of the molecule is Cc1ccc([C@](C)(O)CNC(=O)NC[C@@H]2COc3ccccc3C2)o1. The van der Waals surface area contributed by atoms with Crippen LogP contribution in [0.25, 0.3) is 0 Å². The standard InChI is InChI=1S/C19H24N2O4/c1-13-7-8-17(25-13)19(2,23)12-21-18(22)20-10-14-9-15-5-3-4-6-16(15)24-11-14/h3-8,14,23H,9-12H2,1-2H3,(H2,20,21,22)/t14-,19-/m1/s1. The van der Waals surface area contributed by atoms with Crippen molar-refractivity contribution in [3.8, 4) is 5.75 Å². The van der Waals surface area contributed by atoms with Crippen LogP contribution >= 0.6 is 0 Å². The fraction of sp³-hybridized carbons (Fsp3) is 0.421. The van der Waals surface area contributed by atoms with Gasteiger partial charge in [-0.25, -0.2) is 4.79 Å². The predicted octanol–water partition coefficient (Wildman–Crippen LogP) is 2.35. The summed E-state index contributed by atoms with van der Waals surface area (Å²) in [6.07, 6.45) is 0.875. The number of carbonyl (C=O) groups is 1. The summed E-state index contributed by atoms with van der Waals surface area (Å²) in [4.78, 5) is 12.0. The highest BCUT2D eigenvalue weighted by Gasteiger charge is 2.27. The van der Waals surface area contributed by atoms with Crippen LogP contribution < -0.4 is 15.4 Å². The fourth-order valence-electron chi connectivity index (χ4n) is 2.88. The molecule has 0 saturated heterocycles. The average Bonchev–Trinajstić information content (AvgIpc) is 3.05. The average molecular weight is 344 g/mol. The van der Waals surface area contributed by atoms with E-state index < -0.39 is 5.60 Å². The van der Waals surface area contributed by atoms with Gasteiger partial charge in [0.15, 0.2) is 0 Å². The van der Waals surface area contributed by atoms with Gasteiger partial charge in [-0.05, 0) is 44.0 Å². The van der Waals surface area contributed by atoms with Gasteiger partial charge in [-0.15, -0.1) is 0 Å². The molecule has 6 heteroatoms. The highest BCUT2D eigenvalue weighted by atomic mass is 16.5. The molecule has 1 aromatic heterocycles. The highest BCUT2D eigenvalue weighted by Crippen LogP contribution is 2.26. The van der Waals surface area contributed by atoms with Crippen LogP contribution in [0.15, 0.2) is 40.8 Å². The Hall–Kier alpha value is -2.47. The van der Waals surface area contributed by atoms with Gasteiger partial charge in [-0.1, -0.05) is 18.2 Å². The molecule has 1 aromatic carbocycles. The van der Waals surface area contributed by atoms with E-state index in [0.717, 1.165) is 23.5 Å². The predicted molar refractivity (Wildman–Crippen MR) is 93.5 cm³/mol. The summed E-state index contributed by atoms with van der Waals surface area (Å²) in [7, 11) is 0. The summed E-state index contributed by atoms with van der Waals surface area (Å²) in [5, 5.41) is 15.9. The third-order valence-corrected chi connectivity index (χ3v) is 4.37. The molecule has 134 valence electrons. The highest BCUT2D eigenvalue weighted by molar-refractivity contribution is 5.73. The van der Waals surface area contributed by atoms with Crippen molar-refractivity contribution in [2.24, 2.45) is 5.92 Å². The number of furan rings is 1. The largest absolute Gasteiger partial charge is 0.493 e. The van der Waals surface area contributed by atoms with E-state index in [4.69, 9.17) is 9.15 Å². The van der Waals surface area contributed by atoms with Crippen LogP contribution in [0.3, 0.4) is 0 Å². The minimum Gasteiger partial charge on any atom is -0.493 e. The van der Waals surface area contributed by atoms with E-state index in [0.29, 0.717) is 18.9 Å². The molecule has 6 nitrogen and oxygen atoms in total. The van der Waals surface area contributed by atoms with Gasteiger partial charge in [0.1, 0.15) is 22.9 Å². The minimum absolute atomic E-state index is 0.0653. The Morgan fingerprint density at radius 3 is 2.84 bits per heavy atom. The molecule has 0 spiro atoms. The number of aryl methyl sites for hydroxylation is 1. The lowest BCUT2D eigenvalue weighted by Crippen LogP contribution is -2.45. The maximum Gasteiger partial charge on any atom is 0.314 e. The number of nitrogens with one attached hydrogen (secondary N) is 2. The summed E-state index contributed by atoms with van der Waals surface area (Å²) < 4.78 is 11.1. The van der Waals surface area contributed by atoms with Crippen LogP contribution in [0, 0.1) is 12.8 Å². The Kier molecular flexibility index (Phi) is 4.99. The summed E-state index contributed by atoms with van der Waals surface area (Å²) in [6, 6.07) is 11.1. The number of aliphatic hydroxyl groups is 1. The number of benzene rings is 1. The second-order valence-corrected chi connectivity index (χ2v) is 6.74. The maximum atomic E-state index is 12.0. The number of hydrogen-bond donors (Lipinski definition) is 3. The van der Waals surface area contributed by atoms with Crippen LogP contribution in [0.4, 0.5) is 4.79 Å². The molecule has 2 atom stereocenters. The van der Waals surface area contributed by atoms with E-state index in [1.165, 1.54) is 0 Å². The lowest BCUT2D eigenvalue weighted by Gasteiger charge is -2.26. The van der Waals surface area contributed by atoms with Crippen molar-refractivity contribution in [1.29, 1.82) is 0 Å². The second kappa shape index (κ2) is 7.19. The van der Waals surface area contributed by atoms with Crippen LogP contribution in [0.5, 0.6) is 5.75 Å². The van der Waals surface area contributed by atoms with Crippen molar-refractivity contribution >= 4 is 6.03 Å². The molecule has 25 heavy (non-hydrogen) atoms. The van der Waals surface area contributed by atoms with Crippen molar-refractivity contribution in [3.05, 3.63) is 53.5 Å². The van der Waals surface area contributed by atoms with Gasteiger partial charge < -0.3 is 24.9 Å². The van der Waals surface area contributed by atoms with Crippen molar-refractivity contribution in [1.82, 2.24) is 10.6 Å². The van der Waals surface area contributed by atoms with Crippen molar-refractivity contribution in [3.63, 3.8) is 0 Å². The molecule has 2 aromatic rings. The number of carbonyl (C=O) groups excluding carboxylic acids is 1. The Labute approximate surface area is 147 Å². The van der Waals surface area contributed by atoms with E-state index in [1.54, 1.807) is 19.1 Å². The summed E-state index contributed by atoms with van der Waals surface area (Å²) in [6.45, 7) is 4.58. The number of amides is 2. The van der Waals surface area contributed by atoms with E-state index in [1.807, 2.05) is 31.2 Å². The first-order valence-corrected chi connectivity index (χ1v) is 8.46. The van der Waals surface area contributed by atoms with E-state index in [2.05, 4.69) is 10.6 Å². The lowest BCUT2D eigenvalue weighted by atomic mass is 9.97. The summed E-state index contributed by atoms with van der Waals surface area (Å²) in [5.74, 6) is 2.31. The molecule has 0 radical (unpaired) electrons. The van der Waals surface area contributed by atoms with Gasteiger partial charge in [0.25, 0.3) is 0 Å². The monoisotopic (exact) mass is 344 g/mol. The molecule has 0 unspecified atom stereocenters. The quantitative estimate of drug-likeness (QED) is 0.777. The topological polar surface area (TPSA) is 83.7 Å². The van der Waals surface area contributed by atoms with Crippen molar-refractivity contribution in [2.75, 3.05) is 19.7 Å². The van der Waals surface area contributed by atoms with Gasteiger partial charge in [-0.2, -0.15) is 0 Å². The zero-order chi connectivity index (χ0) is 17.9. The zero-order valence-electron chi connectivity index (χ0n) is 14.5.